The summed E-state index contributed by atoms with van der Waals surface area (Å²) < 4.78 is 0. The van der Waals surface area contributed by atoms with Crippen LogP contribution >= 0.6 is 0 Å². The summed E-state index contributed by atoms with van der Waals surface area (Å²) in [5, 5.41) is 18.8. The van der Waals surface area contributed by atoms with E-state index in [-0.39, 0.29) is 5.75 Å². The van der Waals surface area contributed by atoms with Crippen LogP contribution in [0.3, 0.4) is 0 Å². The SMILES string of the molecule is Oc1ccc(Cc2ccc(-c3ccc(-c4ccc(O)cc4)cc3)cc2)cc1. The topological polar surface area (TPSA) is 40.5 Å². The molecule has 0 unspecified atom stereocenters. The van der Waals surface area contributed by atoms with Gasteiger partial charge in [0.25, 0.3) is 0 Å². The van der Waals surface area contributed by atoms with Crippen LogP contribution in [0.4, 0.5) is 0 Å². The van der Waals surface area contributed by atoms with Gasteiger partial charge in [-0.2, -0.15) is 0 Å². The molecule has 0 aliphatic rings. The van der Waals surface area contributed by atoms with Crippen molar-refractivity contribution in [3.8, 4) is 33.8 Å². The van der Waals surface area contributed by atoms with E-state index in [0.29, 0.717) is 5.75 Å². The third-order valence-corrected chi connectivity index (χ3v) is 4.72. The molecule has 2 N–H and O–H groups in total. The number of hydrogen-bond donors (Lipinski definition) is 2. The first-order valence-electron chi connectivity index (χ1n) is 8.94. The van der Waals surface area contributed by atoms with E-state index in [4.69, 9.17) is 0 Å². The van der Waals surface area contributed by atoms with Gasteiger partial charge in [-0.1, -0.05) is 72.8 Å². The van der Waals surface area contributed by atoms with Crippen molar-refractivity contribution >= 4 is 0 Å². The summed E-state index contributed by atoms with van der Waals surface area (Å²) in [5.41, 5.74) is 6.99. The van der Waals surface area contributed by atoms with Gasteiger partial charge in [0.2, 0.25) is 0 Å². The number of phenolic OH excluding ortho intramolecular Hbond substituents is 2. The molecular weight excluding hydrogens is 332 g/mol. The maximum atomic E-state index is 9.41. The van der Waals surface area contributed by atoms with Crippen LogP contribution < -0.4 is 0 Å². The van der Waals surface area contributed by atoms with E-state index in [1.807, 2.05) is 24.3 Å². The van der Waals surface area contributed by atoms with Gasteiger partial charge in [0.05, 0.1) is 0 Å². The van der Waals surface area contributed by atoms with Gasteiger partial charge >= 0.3 is 0 Å². The highest BCUT2D eigenvalue weighted by molar-refractivity contribution is 5.70. The molecule has 27 heavy (non-hydrogen) atoms. The fourth-order valence-corrected chi connectivity index (χ4v) is 3.17. The number of aromatic hydroxyl groups is 2. The van der Waals surface area contributed by atoms with Gasteiger partial charge in [0.15, 0.2) is 0 Å². The van der Waals surface area contributed by atoms with Crippen LogP contribution in [0.1, 0.15) is 11.1 Å². The van der Waals surface area contributed by atoms with Gasteiger partial charge in [-0.3, -0.25) is 0 Å². The average molecular weight is 352 g/mol. The Labute approximate surface area is 159 Å². The summed E-state index contributed by atoms with van der Waals surface area (Å²) in [5.74, 6) is 0.576. The van der Waals surface area contributed by atoms with Crippen molar-refractivity contribution < 1.29 is 10.2 Å². The largest absolute Gasteiger partial charge is 0.508 e. The fraction of sp³-hybridized carbons (Fsp3) is 0.0400. The summed E-state index contributed by atoms with van der Waals surface area (Å²) in [6.45, 7) is 0. The second kappa shape index (κ2) is 7.38. The summed E-state index contributed by atoms with van der Waals surface area (Å²) in [6, 6.07) is 31.6. The smallest absolute Gasteiger partial charge is 0.115 e. The molecule has 4 rings (SSSR count). The summed E-state index contributed by atoms with van der Waals surface area (Å²) in [4.78, 5) is 0. The summed E-state index contributed by atoms with van der Waals surface area (Å²) in [6.07, 6.45) is 0.848. The molecule has 2 heteroatoms. The minimum atomic E-state index is 0.280. The van der Waals surface area contributed by atoms with E-state index in [2.05, 4.69) is 48.5 Å². The van der Waals surface area contributed by atoms with Crippen LogP contribution in [-0.4, -0.2) is 10.2 Å². The second-order valence-electron chi connectivity index (χ2n) is 6.66. The Kier molecular flexibility index (Phi) is 4.63. The van der Waals surface area contributed by atoms with E-state index in [1.165, 1.54) is 22.3 Å². The quantitative estimate of drug-likeness (QED) is 0.471. The molecule has 0 aliphatic carbocycles. The molecule has 0 bridgehead atoms. The third-order valence-electron chi connectivity index (χ3n) is 4.72. The predicted molar refractivity (Wildman–Crippen MR) is 110 cm³/mol. The molecule has 0 saturated heterocycles. The maximum Gasteiger partial charge on any atom is 0.115 e. The lowest BCUT2D eigenvalue weighted by molar-refractivity contribution is 0.474. The van der Waals surface area contributed by atoms with Gasteiger partial charge in [-0.25, -0.2) is 0 Å². The average Bonchev–Trinajstić information content (AvgIpc) is 2.71. The molecule has 0 fully saturated rings. The normalized spacial score (nSPS) is 10.7. The van der Waals surface area contributed by atoms with Crippen LogP contribution in [0.2, 0.25) is 0 Å². The third kappa shape index (κ3) is 4.01. The number of benzene rings is 4. The van der Waals surface area contributed by atoms with Crippen LogP contribution in [-0.2, 0) is 6.42 Å². The number of rotatable bonds is 4. The predicted octanol–water partition coefficient (Wildman–Crippen LogP) is 6.02. The van der Waals surface area contributed by atoms with E-state index in [1.54, 1.807) is 24.3 Å². The molecule has 2 nitrogen and oxygen atoms in total. The first kappa shape index (κ1) is 16.9. The first-order chi connectivity index (χ1) is 13.2. The molecule has 0 amide bonds. The Bertz CT molecular complexity index is 1010. The van der Waals surface area contributed by atoms with Crippen molar-refractivity contribution in [2.75, 3.05) is 0 Å². The van der Waals surface area contributed by atoms with Crippen molar-refractivity contribution in [1.29, 1.82) is 0 Å². The van der Waals surface area contributed by atoms with E-state index in [0.717, 1.165) is 17.5 Å². The Morgan fingerprint density at radius 3 is 1.04 bits per heavy atom. The van der Waals surface area contributed by atoms with Gasteiger partial charge in [0.1, 0.15) is 11.5 Å². The number of hydrogen-bond acceptors (Lipinski definition) is 2. The summed E-state index contributed by atoms with van der Waals surface area (Å²) >= 11 is 0. The molecule has 0 heterocycles. The molecule has 0 radical (unpaired) electrons. The van der Waals surface area contributed by atoms with E-state index < -0.39 is 0 Å². The molecular formula is C25H20O2. The zero-order chi connectivity index (χ0) is 18.6. The van der Waals surface area contributed by atoms with Crippen LogP contribution in [0.25, 0.3) is 22.3 Å². The maximum absolute atomic E-state index is 9.41. The Morgan fingerprint density at radius 2 is 0.630 bits per heavy atom. The fourth-order valence-electron chi connectivity index (χ4n) is 3.17. The first-order valence-corrected chi connectivity index (χ1v) is 8.94. The lowest BCUT2D eigenvalue weighted by Gasteiger charge is -2.07. The molecule has 0 spiro atoms. The minimum absolute atomic E-state index is 0.280. The molecule has 0 atom stereocenters. The highest BCUT2D eigenvalue weighted by atomic mass is 16.3. The van der Waals surface area contributed by atoms with Crippen molar-refractivity contribution in [3.05, 3.63) is 108 Å². The molecule has 132 valence electrons. The van der Waals surface area contributed by atoms with Gasteiger partial charge in [-0.15, -0.1) is 0 Å². The number of phenols is 2. The second-order valence-corrected chi connectivity index (χ2v) is 6.66. The molecule has 0 aromatic heterocycles. The van der Waals surface area contributed by atoms with Gasteiger partial charge in [0, 0.05) is 0 Å². The standard InChI is InChI=1S/C25H20O2/c26-24-13-3-19(4-14-24)17-18-1-5-20(6-2-18)21-7-9-22(10-8-21)23-11-15-25(27)16-12-23/h1-16,26-27H,17H2. The lowest BCUT2D eigenvalue weighted by atomic mass is 9.98. The van der Waals surface area contributed by atoms with Crippen LogP contribution in [0.15, 0.2) is 97.1 Å². The van der Waals surface area contributed by atoms with Gasteiger partial charge < -0.3 is 10.2 Å². The van der Waals surface area contributed by atoms with E-state index in [9.17, 15) is 10.2 Å². The molecule has 4 aromatic carbocycles. The minimum Gasteiger partial charge on any atom is -0.508 e. The Balaban J connectivity index is 1.50. The lowest BCUT2D eigenvalue weighted by Crippen LogP contribution is -1.88. The van der Waals surface area contributed by atoms with Crippen molar-refractivity contribution in [1.82, 2.24) is 0 Å². The van der Waals surface area contributed by atoms with Crippen molar-refractivity contribution in [2.45, 2.75) is 6.42 Å². The Morgan fingerprint density at radius 1 is 0.370 bits per heavy atom. The summed E-state index contributed by atoms with van der Waals surface area (Å²) in [7, 11) is 0. The van der Waals surface area contributed by atoms with E-state index >= 15 is 0 Å². The van der Waals surface area contributed by atoms with Crippen molar-refractivity contribution in [2.24, 2.45) is 0 Å². The Hall–Kier alpha value is -3.52. The zero-order valence-electron chi connectivity index (χ0n) is 14.8. The van der Waals surface area contributed by atoms with Crippen LogP contribution in [0.5, 0.6) is 11.5 Å². The molecule has 0 aliphatic heterocycles. The zero-order valence-corrected chi connectivity index (χ0v) is 14.8. The highest BCUT2D eigenvalue weighted by Gasteiger charge is 2.02. The highest BCUT2D eigenvalue weighted by Crippen LogP contribution is 2.26. The monoisotopic (exact) mass is 352 g/mol. The van der Waals surface area contributed by atoms with Crippen LogP contribution in [0, 0.1) is 0 Å². The molecule has 4 aromatic rings. The van der Waals surface area contributed by atoms with Gasteiger partial charge in [-0.05, 0) is 64.1 Å². The molecule has 0 saturated carbocycles. The van der Waals surface area contributed by atoms with Crippen molar-refractivity contribution in [3.63, 3.8) is 0 Å².